The van der Waals surface area contributed by atoms with Crippen molar-refractivity contribution in [1.82, 2.24) is 0 Å². The van der Waals surface area contributed by atoms with E-state index in [1.54, 1.807) is 0 Å². The Labute approximate surface area is 110 Å². The molecule has 2 atom stereocenters. The zero-order valence-corrected chi connectivity index (χ0v) is 11.4. The highest BCUT2D eigenvalue weighted by Crippen LogP contribution is 2.44. The van der Waals surface area contributed by atoms with Crippen molar-refractivity contribution in [3.8, 4) is 0 Å². The Balaban J connectivity index is 2.11. The zero-order valence-electron chi connectivity index (χ0n) is 9.82. The van der Waals surface area contributed by atoms with Crippen molar-refractivity contribution < 1.29 is 9.84 Å². The third kappa shape index (κ3) is 1.79. The van der Waals surface area contributed by atoms with E-state index >= 15 is 0 Å². The molecule has 3 rings (SSSR count). The summed E-state index contributed by atoms with van der Waals surface area (Å²) in [5.41, 5.74) is 2.10. The third-order valence-electron chi connectivity index (χ3n) is 3.80. The molecule has 1 saturated heterocycles. The molecule has 1 N–H and O–H groups in total. The molecule has 4 heteroatoms. The van der Waals surface area contributed by atoms with Gasteiger partial charge < -0.3 is 14.7 Å². The Morgan fingerprint density at radius 3 is 3.18 bits per heavy atom. The van der Waals surface area contributed by atoms with Crippen LogP contribution in [0.2, 0.25) is 0 Å². The first-order chi connectivity index (χ1) is 8.10. The van der Waals surface area contributed by atoms with E-state index in [-0.39, 0.29) is 11.6 Å². The van der Waals surface area contributed by atoms with E-state index in [0.717, 1.165) is 35.3 Å². The number of rotatable bonds is 0. The van der Waals surface area contributed by atoms with Gasteiger partial charge in [-0.1, -0.05) is 22.0 Å². The maximum absolute atomic E-state index is 10.3. The van der Waals surface area contributed by atoms with Crippen LogP contribution in [-0.2, 0) is 4.74 Å². The molecule has 0 aromatic heterocycles. The third-order valence-corrected chi connectivity index (χ3v) is 4.29. The quantitative estimate of drug-likeness (QED) is 0.799. The van der Waals surface area contributed by atoms with Gasteiger partial charge in [0.15, 0.2) is 0 Å². The van der Waals surface area contributed by atoms with Crippen LogP contribution in [-0.4, -0.2) is 30.4 Å². The lowest BCUT2D eigenvalue weighted by Gasteiger charge is -2.51. The second kappa shape index (κ2) is 3.97. The molecule has 1 aromatic carbocycles. The Kier molecular flexibility index (Phi) is 2.69. The summed E-state index contributed by atoms with van der Waals surface area (Å²) >= 11 is 3.50. The number of hydrogen-bond donors (Lipinski definition) is 1. The molecule has 2 unspecified atom stereocenters. The van der Waals surface area contributed by atoms with E-state index in [1.165, 1.54) is 0 Å². The molecular weight excluding hydrogens is 282 g/mol. The van der Waals surface area contributed by atoms with E-state index in [9.17, 15) is 5.11 Å². The van der Waals surface area contributed by atoms with Crippen molar-refractivity contribution in [2.75, 3.05) is 24.7 Å². The predicted octanol–water partition coefficient (Wildman–Crippen LogP) is 2.48. The van der Waals surface area contributed by atoms with Crippen molar-refractivity contribution in [3.05, 3.63) is 28.2 Å². The SMILES string of the molecule is CC12COCCN1c1cc(Br)ccc1C(O)C2. The van der Waals surface area contributed by atoms with Gasteiger partial charge in [0.05, 0.1) is 24.9 Å². The summed E-state index contributed by atoms with van der Waals surface area (Å²) in [6, 6.07) is 6.10. The van der Waals surface area contributed by atoms with Gasteiger partial charge in [0.1, 0.15) is 0 Å². The molecule has 17 heavy (non-hydrogen) atoms. The number of benzene rings is 1. The van der Waals surface area contributed by atoms with Crippen molar-refractivity contribution in [2.24, 2.45) is 0 Å². The smallest absolute Gasteiger partial charge is 0.0833 e. The maximum atomic E-state index is 10.3. The minimum atomic E-state index is -0.388. The van der Waals surface area contributed by atoms with Crippen molar-refractivity contribution in [2.45, 2.75) is 25.0 Å². The van der Waals surface area contributed by atoms with E-state index in [4.69, 9.17) is 4.74 Å². The average molecular weight is 298 g/mol. The standard InChI is InChI=1S/C13H16BrNO2/c1-13-7-12(16)10-3-2-9(14)6-11(10)15(13)4-5-17-8-13/h2-3,6,12,16H,4-5,7-8H2,1H3. The number of nitrogens with zero attached hydrogens (tertiary/aromatic N) is 1. The van der Waals surface area contributed by atoms with Crippen molar-refractivity contribution in [3.63, 3.8) is 0 Å². The summed E-state index contributed by atoms with van der Waals surface area (Å²) in [6.45, 7) is 4.51. The normalized spacial score (nSPS) is 31.9. The highest BCUT2D eigenvalue weighted by Gasteiger charge is 2.42. The molecule has 2 aliphatic heterocycles. The van der Waals surface area contributed by atoms with Crippen LogP contribution in [0.15, 0.2) is 22.7 Å². The van der Waals surface area contributed by atoms with Gasteiger partial charge in [-0.25, -0.2) is 0 Å². The first-order valence-corrected chi connectivity index (χ1v) is 6.72. The molecule has 0 amide bonds. The van der Waals surface area contributed by atoms with Gasteiger partial charge in [-0.3, -0.25) is 0 Å². The molecule has 92 valence electrons. The second-order valence-corrected chi connectivity index (χ2v) is 6.04. The van der Waals surface area contributed by atoms with E-state index in [2.05, 4.69) is 33.8 Å². The lowest BCUT2D eigenvalue weighted by atomic mass is 9.83. The summed E-state index contributed by atoms with van der Waals surface area (Å²) in [6.07, 6.45) is 0.350. The van der Waals surface area contributed by atoms with Crippen LogP contribution in [0.3, 0.4) is 0 Å². The Morgan fingerprint density at radius 2 is 2.35 bits per heavy atom. The molecule has 0 saturated carbocycles. The Morgan fingerprint density at radius 1 is 1.53 bits per heavy atom. The molecular formula is C13H16BrNO2. The molecule has 0 bridgehead atoms. The fourth-order valence-corrected chi connectivity index (χ4v) is 3.28. The lowest BCUT2D eigenvalue weighted by molar-refractivity contribution is 0.0212. The number of fused-ring (bicyclic) bond motifs is 3. The van der Waals surface area contributed by atoms with Crippen molar-refractivity contribution in [1.29, 1.82) is 0 Å². The monoisotopic (exact) mass is 297 g/mol. The number of morpholine rings is 1. The summed E-state index contributed by atoms with van der Waals surface area (Å²) in [4.78, 5) is 2.38. The molecule has 2 aliphatic rings. The number of halogens is 1. The van der Waals surface area contributed by atoms with Crippen LogP contribution in [0.25, 0.3) is 0 Å². The summed E-state index contributed by atoms with van der Waals surface area (Å²) in [5, 5.41) is 10.3. The van der Waals surface area contributed by atoms with Gasteiger partial charge in [-0.05, 0) is 19.1 Å². The van der Waals surface area contributed by atoms with E-state index in [1.807, 2.05) is 12.1 Å². The Bertz CT molecular complexity index is 451. The van der Waals surface area contributed by atoms with Gasteiger partial charge in [0.25, 0.3) is 0 Å². The first kappa shape index (κ1) is 11.5. The number of aliphatic hydroxyl groups is 1. The van der Waals surface area contributed by atoms with E-state index < -0.39 is 0 Å². The largest absolute Gasteiger partial charge is 0.388 e. The van der Waals surface area contributed by atoms with Crippen LogP contribution in [0, 0.1) is 0 Å². The highest BCUT2D eigenvalue weighted by atomic mass is 79.9. The fraction of sp³-hybridized carbons (Fsp3) is 0.538. The van der Waals surface area contributed by atoms with Gasteiger partial charge in [0, 0.05) is 28.7 Å². The van der Waals surface area contributed by atoms with Gasteiger partial charge >= 0.3 is 0 Å². The topological polar surface area (TPSA) is 32.7 Å². The summed E-state index contributed by atoms with van der Waals surface area (Å²) in [7, 11) is 0. The molecule has 0 aliphatic carbocycles. The summed E-state index contributed by atoms with van der Waals surface area (Å²) < 4.78 is 6.63. The van der Waals surface area contributed by atoms with Crippen LogP contribution in [0.4, 0.5) is 5.69 Å². The molecule has 0 radical (unpaired) electrons. The minimum absolute atomic E-state index is 0.0779. The molecule has 3 nitrogen and oxygen atoms in total. The van der Waals surface area contributed by atoms with Gasteiger partial charge in [0.2, 0.25) is 0 Å². The number of ether oxygens (including phenoxy) is 1. The minimum Gasteiger partial charge on any atom is -0.388 e. The van der Waals surface area contributed by atoms with Gasteiger partial charge in [-0.15, -0.1) is 0 Å². The number of anilines is 1. The van der Waals surface area contributed by atoms with Crippen LogP contribution in [0.1, 0.15) is 25.0 Å². The molecule has 1 fully saturated rings. The lowest BCUT2D eigenvalue weighted by Crippen LogP contribution is -2.58. The molecule has 1 aromatic rings. The molecule has 0 spiro atoms. The Hall–Kier alpha value is -0.580. The number of hydrogen-bond acceptors (Lipinski definition) is 3. The van der Waals surface area contributed by atoms with Crippen LogP contribution < -0.4 is 4.90 Å². The van der Waals surface area contributed by atoms with Crippen molar-refractivity contribution >= 4 is 21.6 Å². The average Bonchev–Trinajstić information content (AvgIpc) is 2.28. The fourth-order valence-electron chi connectivity index (χ4n) is 2.93. The predicted molar refractivity (Wildman–Crippen MR) is 70.3 cm³/mol. The first-order valence-electron chi connectivity index (χ1n) is 5.93. The maximum Gasteiger partial charge on any atom is 0.0833 e. The van der Waals surface area contributed by atoms with Gasteiger partial charge in [-0.2, -0.15) is 0 Å². The summed E-state index contributed by atoms with van der Waals surface area (Å²) in [5.74, 6) is 0. The van der Waals surface area contributed by atoms with Crippen LogP contribution >= 0.6 is 15.9 Å². The number of aliphatic hydroxyl groups excluding tert-OH is 1. The van der Waals surface area contributed by atoms with Crippen LogP contribution in [0.5, 0.6) is 0 Å². The highest BCUT2D eigenvalue weighted by molar-refractivity contribution is 9.10. The second-order valence-electron chi connectivity index (χ2n) is 5.12. The zero-order chi connectivity index (χ0) is 12.0. The molecule has 2 heterocycles. The van der Waals surface area contributed by atoms with E-state index in [0.29, 0.717) is 6.61 Å².